The number of nitriles is 1. The number of aromatic nitrogens is 1. The molecule has 1 aromatic heterocycles. The second kappa shape index (κ2) is 13.7. The third-order valence-corrected chi connectivity index (χ3v) is 6.22. The molecule has 1 amide bonds. The van der Waals surface area contributed by atoms with Gasteiger partial charge < -0.3 is 25.4 Å². The summed E-state index contributed by atoms with van der Waals surface area (Å²) in [6.45, 7) is 3.26. The molecule has 0 radical (unpaired) electrons. The fraction of sp³-hybridized carbons (Fsp3) is 0.370. The van der Waals surface area contributed by atoms with Crippen molar-refractivity contribution in [2.45, 2.75) is 13.0 Å². The van der Waals surface area contributed by atoms with Crippen molar-refractivity contribution in [3.05, 3.63) is 75.8 Å². The zero-order chi connectivity index (χ0) is 26.2. The molecule has 0 unspecified atom stereocenters. The molecule has 3 aromatic rings. The van der Waals surface area contributed by atoms with Crippen molar-refractivity contribution < 1.29 is 9.18 Å². The molecule has 4 rings (SSSR count). The van der Waals surface area contributed by atoms with Crippen LogP contribution in [0.25, 0.3) is 10.9 Å². The van der Waals surface area contributed by atoms with Gasteiger partial charge in [0.05, 0.1) is 11.2 Å². The number of anilines is 1. The quantitative estimate of drug-likeness (QED) is 0.485. The molecule has 0 spiro atoms. The van der Waals surface area contributed by atoms with Crippen LogP contribution in [0.4, 0.5) is 10.1 Å². The van der Waals surface area contributed by atoms with Crippen molar-refractivity contribution in [2.24, 2.45) is 0 Å². The van der Waals surface area contributed by atoms with Crippen LogP contribution in [0.1, 0.15) is 22.3 Å². The molecule has 0 aliphatic carbocycles. The molecule has 1 saturated heterocycles. The SMILES string of the molecule is CCl.CN(C)CCCn1c(=O)c(C#N)c(N2CCN(C(=O)c3ccc(F)cc3)CC2)c2ccccc21.N. The van der Waals surface area contributed by atoms with Crippen molar-refractivity contribution in [3.8, 4) is 6.07 Å². The summed E-state index contributed by atoms with van der Waals surface area (Å²) in [7, 11) is 3.98. The lowest BCUT2D eigenvalue weighted by atomic mass is 10.1. The van der Waals surface area contributed by atoms with E-state index in [0.717, 1.165) is 23.9 Å². The maximum Gasteiger partial charge on any atom is 0.271 e. The molecule has 0 saturated carbocycles. The van der Waals surface area contributed by atoms with Gasteiger partial charge in [-0.05, 0) is 57.4 Å². The van der Waals surface area contributed by atoms with Crippen molar-refractivity contribution >= 4 is 34.1 Å². The van der Waals surface area contributed by atoms with Gasteiger partial charge in [-0.2, -0.15) is 5.26 Å². The molecular weight excluding hydrogens is 495 g/mol. The molecule has 1 aliphatic rings. The highest BCUT2D eigenvalue weighted by Crippen LogP contribution is 2.30. The zero-order valence-electron chi connectivity index (χ0n) is 21.6. The van der Waals surface area contributed by atoms with Crippen molar-refractivity contribution in [1.29, 1.82) is 5.26 Å². The summed E-state index contributed by atoms with van der Waals surface area (Å²) < 4.78 is 14.9. The molecular formula is C27H34ClFN6O2. The third-order valence-electron chi connectivity index (χ3n) is 6.22. The van der Waals surface area contributed by atoms with E-state index in [1.807, 2.05) is 43.3 Å². The largest absolute Gasteiger partial charge is 0.366 e. The van der Waals surface area contributed by atoms with E-state index in [1.165, 1.54) is 30.6 Å². The van der Waals surface area contributed by atoms with Crippen LogP contribution in [0.15, 0.2) is 53.3 Å². The molecule has 10 heteroatoms. The highest BCUT2D eigenvalue weighted by atomic mass is 35.5. The summed E-state index contributed by atoms with van der Waals surface area (Å²) in [5.41, 5.74) is 1.76. The van der Waals surface area contributed by atoms with Crippen LogP contribution in [0.2, 0.25) is 0 Å². The molecule has 2 aromatic carbocycles. The second-order valence-corrected chi connectivity index (χ2v) is 8.75. The topological polar surface area (TPSA) is 108 Å². The number of fused-ring (bicyclic) bond motifs is 1. The Balaban J connectivity index is 0.00000157. The monoisotopic (exact) mass is 528 g/mol. The number of halogens is 2. The van der Waals surface area contributed by atoms with Gasteiger partial charge >= 0.3 is 0 Å². The third kappa shape index (κ3) is 6.66. The predicted octanol–water partition coefficient (Wildman–Crippen LogP) is 3.94. The van der Waals surface area contributed by atoms with Gasteiger partial charge in [-0.1, -0.05) is 18.2 Å². The van der Waals surface area contributed by atoms with E-state index < -0.39 is 0 Å². The predicted molar refractivity (Wildman–Crippen MR) is 147 cm³/mol. The number of aryl methyl sites for hydroxylation is 1. The number of hydrogen-bond donors (Lipinski definition) is 1. The van der Waals surface area contributed by atoms with Gasteiger partial charge in [-0.3, -0.25) is 9.59 Å². The highest BCUT2D eigenvalue weighted by Gasteiger charge is 2.27. The molecule has 0 bridgehead atoms. The van der Waals surface area contributed by atoms with Crippen LogP contribution < -0.4 is 16.6 Å². The molecule has 198 valence electrons. The van der Waals surface area contributed by atoms with E-state index in [2.05, 4.69) is 22.6 Å². The van der Waals surface area contributed by atoms with Gasteiger partial charge in [0, 0.05) is 50.1 Å². The summed E-state index contributed by atoms with van der Waals surface area (Å²) in [5.74, 6) is -0.532. The van der Waals surface area contributed by atoms with Crippen LogP contribution >= 0.6 is 11.6 Å². The fourth-order valence-electron chi connectivity index (χ4n) is 4.49. The Labute approximate surface area is 222 Å². The number of pyridine rings is 1. The van der Waals surface area contributed by atoms with Crippen molar-refractivity contribution in [3.63, 3.8) is 0 Å². The molecule has 8 nitrogen and oxygen atoms in total. The normalized spacial score (nSPS) is 13.0. The number of nitrogens with zero attached hydrogens (tertiary/aromatic N) is 5. The molecule has 3 N–H and O–H groups in total. The average Bonchev–Trinajstić information content (AvgIpc) is 2.90. The Morgan fingerprint density at radius 1 is 1.05 bits per heavy atom. The standard InChI is InChI=1S/C26H28FN5O2.CH3Cl.H3N/c1-29(2)12-5-13-32-23-7-4-3-6-21(23)24(22(18-28)26(32)34)30-14-16-31(17-15-30)25(33)19-8-10-20(27)11-9-19;1-2;/h3-4,6-11H,5,12-17H2,1-2H3;1H3;1H3. The van der Waals surface area contributed by atoms with Gasteiger partial charge in [0.2, 0.25) is 0 Å². The van der Waals surface area contributed by atoms with E-state index >= 15 is 0 Å². The minimum absolute atomic E-state index is 0. The maximum absolute atomic E-state index is 13.3. The molecule has 1 aliphatic heterocycles. The van der Waals surface area contributed by atoms with Gasteiger partial charge in [-0.15, -0.1) is 11.6 Å². The zero-order valence-corrected chi connectivity index (χ0v) is 22.3. The van der Waals surface area contributed by atoms with E-state index in [0.29, 0.717) is 44.0 Å². The maximum atomic E-state index is 13.3. The van der Waals surface area contributed by atoms with Gasteiger partial charge in [-0.25, -0.2) is 4.39 Å². The molecule has 1 fully saturated rings. The lowest BCUT2D eigenvalue weighted by molar-refractivity contribution is 0.0747. The first kappa shape index (κ1) is 29.8. The first-order valence-electron chi connectivity index (χ1n) is 11.8. The van der Waals surface area contributed by atoms with Crippen LogP contribution in [-0.4, -0.2) is 73.5 Å². The molecule has 2 heterocycles. The summed E-state index contributed by atoms with van der Waals surface area (Å²) in [6, 6.07) is 15.4. The lowest BCUT2D eigenvalue weighted by Crippen LogP contribution is -2.49. The number of piperazine rings is 1. The number of alkyl halides is 1. The molecule has 37 heavy (non-hydrogen) atoms. The van der Waals surface area contributed by atoms with Crippen LogP contribution in [0.3, 0.4) is 0 Å². The van der Waals surface area contributed by atoms with E-state index in [9.17, 15) is 19.2 Å². The number of rotatable bonds is 6. The van der Waals surface area contributed by atoms with E-state index in [4.69, 9.17) is 0 Å². The Morgan fingerprint density at radius 2 is 1.68 bits per heavy atom. The summed E-state index contributed by atoms with van der Waals surface area (Å²) in [6.07, 6.45) is 2.27. The second-order valence-electron chi connectivity index (χ2n) is 8.75. The number of amides is 1. The Bertz CT molecular complexity index is 1300. The fourth-order valence-corrected chi connectivity index (χ4v) is 4.49. The highest BCUT2D eigenvalue weighted by molar-refractivity contribution is 6.15. The van der Waals surface area contributed by atoms with Crippen LogP contribution in [0.5, 0.6) is 0 Å². The first-order chi connectivity index (χ1) is 17.4. The number of carbonyl (C=O) groups is 1. The minimum atomic E-state index is -0.381. The van der Waals surface area contributed by atoms with Gasteiger partial charge in [0.1, 0.15) is 17.4 Å². The minimum Gasteiger partial charge on any atom is -0.366 e. The Morgan fingerprint density at radius 3 is 2.27 bits per heavy atom. The first-order valence-corrected chi connectivity index (χ1v) is 12.5. The van der Waals surface area contributed by atoms with E-state index in [-0.39, 0.29) is 29.0 Å². The van der Waals surface area contributed by atoms with Crippen molar-refractivity contribution in [2.75, 3.05) is 58.1 Å². The van der Waals surface area contributed by atoms with Crippen LogP contribution in [0, 0.1) is 17.1 Å². The molecule has 0 atom stereocenters. The number of hydrogen-bond acceptors (Lipinski definition) is 6. The number of carbonyl (C=O) groups excluding carboxylic acids is 1. The number of para-hydroxylation sites is 1. The number of benzene rings is 2. The Kier molecular flexibility index (Phi) is 11.1. The van der Waals surface area contributed by atoms with Crippen LogP contribution in [-0.2, 0) is 6.54 Å². The summed E-state index contributed by atoms with van der Waals surface area (Å²) in [5, 5.41) is 10.8. The average molecular weight is 529 g/mol. The lowest BCUT2D eigenvalue weighted by Gasteiger charge is -2.37. The van der Waals surface area contributed by atoms with Gasteiger partial charge in [0.15, 0.2) is 0 Å². The van der Waals surface area contributed by atoms with Gasteiger partial charge in [0.25, 0.3) is 11.5 Å². The Hall–Kier alpha value is -3.45. The smallest absolute Gasteiger partial charge is 0.271 e. The summed E-state index contributed by atoms with van der Waals surface area (Å²) in [4.78, 5) is 32.0. The van der Waals surface area contributed by atoms with Crippen molar-refractivity contribution in [1.82, 2.24) is 20.5 Å². The summed E-state index contributed by atoms with van der Waals surface area (Å²) >= 11 is 4.64. The van der Waals surface area contributed by atoms with E-state index in [1.54, 1.807) is 9.47 Å².